The fraction of sp³-hybridized carbons (Fsp3) is 0.200. The fourth-order valence-electron chi connectivity index (χ4n) is 3.25. The van der Waals surface area contributed by atoms with Crippen LogP contribution in [0.2, 0.25) is 5.02 Å². The van der Waals surface area contributed by atoms with Crippen LogP contribution in [0.15, 0.2) is 42.5 Å². The molecule has 0 atom stereocenters. The molecule has 0 unspecified atom stereocenters. The highest BCUT2D eigenvalue weighted by atomic mass is 35.5. The maximum atomic E-state index is 13.5. The van der Waals surface area contributed by atoms with E-state index < -0.39 is 5.82 Å². The van der Waals surface area contributed by atoms with Crippen molar-refractivity contribution >= 4 is 29.0 Å². The number of carbonyl (C=O) groups excluding carboxylic acids is 1. The van der Waals surface area contributed by atoms with Crippen molar-refractivity contribution in [3.63, 3.8) is 0 Å². The van der Waals surface area contributed by atoms with Gasteiger partial charge in [-0.15, -0.1) is 0 Å². The molecule has 0 saturated carbocycles. The van der Waals surface area contributed by atoms with E-state index in [1.807, 2.05) is 4.57 Å². The highest BCUT2D eigenvalue weighted by Crippen LogP contribution is 2.34. The van der Waals surface area contributed by atoms with Crippen molar-refractivity contribution < 1.29 is 13.6 Å². The molecule has 1 amide bonds. The SMILES string of the molecule is CC(=O)N1CCn2c(nc(-c3ccc(F)cc3)c2Nc2ccc(F)c(Cl)c2)C1. The number of halogens is 3. The Labute approximate surface area is 165 Å². The van der Waals surface area contributed by atoms with Gasteiger partial charge in [0.05, 0.1) is 11.6 Å². The lowest BCUT2D eigenvalue weighted by atomic mass is 10.1. The Kier molecular flexibility index (Phi) is 4.77. The molecule has 0 radical (unpaired) electrons. The molecular weight excluding hydrogens is 386 g/mol. The van der Waals surface area contributed by atoms with Crippen LogP contribution in [0.25, 0.3) is 11.3 Å². The van der Waals surface area contributed by atoms with Crippen molar-refractivity contribution in [2.75, 3.05) is 11.9 Å². The average molecular weight is 403 g/mol. The number of hydrogen-bond acceptors (Lipinski definition) is 3. The van der Waals surface area contributed by atoms with Crippen molar-refractivity contribution in [2.24, 2.45) is 0 Å². The number of nitrogens with one attached hydrogen (secondary N) is 1. The summed E-state index contributed by atoms with van der Waals surface area (Å²) in [4.78, 5) is 18.2. The molecular formula is C20H17ClF2N4O. The van der Waals surface area contributed by atoms with E-state index in [1.54, 1.807) is 23.1 Å². The molecule has 144 valence electrons. The molecule has 3 aromatic rings. The van der Waals surface area contributed by atoms with Gasteiger partial charge in [0.2, 0.25) is 5.91 Å². The Morgan fingerprint density at radius 2 is 1.89 bits per heavy atom. The van der Waals surface area contributed by atoms with E-state index in [4.69, 9.17) is 16.6 Å². The lowest BCUT2D eigenvalue weighted by molar-refractivity contribution is -0.130. The van der Waals surface area contributed by atoms with Gasteiger partial charge in [0.1, 0.15) is 29.0 Å². The Morgan fingerprint density at radius 1 is 1.14 bits per heavy atom. The maximum Gasteiger partial charge on any atom is 0.219 e. The minimum atomic E-state index is -0.501. The number of carbonyl (C=O) groups is 1. The summed E-state index contributed by atoms with van der Waals surface area (Å²) in [6, 6.07) is 10.4. The van der Waals surface area contributed by atoms with Crippen molar-refractivity contribution in [1.29, 1.82) is 0 Å². The zero-order chi connectivity index (χ0) is 19.8. The van der Waals surface area contributed by atoms with Gasteiger partial charge in [-0.1, -0.05) is 11.6 Å². The number of fused-ring (bicyclic) bond motifs is 1. The van der Waals surface area contributed by atoms with Gasteiger partial charge in [-0.05, 0) is 42.5 Å². The van der Waals surface area contributed by atoms with E-state index in [0.29, 0.717) is 36.8 Å². The molecule has 1 aliphatic heterocycles. The third kappa shape index (κ3) is 3.45. The number of imidazole rings is 1. The average Bonchev–Trinajstić information content (AvgIpc) is 3.03. The second-order valence-corrected chi connectivity index (χ2v) is 6.99. The van der Waals surface area contributed by atoms with Crippen LogP contribution in [0.4, 0.5) is 20.3 Å². The lowest BCUT2D eigenvalue weighted by Crippen LogP contribution is -2.37. The number of amides is 1. The summed E-state index contributed by atoms with van der Waals surface area (Å²) in [5.41, 5.74) is 1.96. The molecule has 0 aliphatic carbocycles. The summed E-state index contributed by atoms with van der Waals surface area (Å²) < 4.78 is 28.8. The van der Waals surface area contributed by atoms with E-state index in [1.165, 1.54) is 31.2 Å². The van der Waals surface area contributed by atoms with Gasteiger partial charge in [0.25, 0.3) is 0 Å². The number of anilines is 2. The normalized spacial score (nSPS) is 13.4. The molecule has 1 aliphatic rings. The van der Waals surface area contributed by atoms with E-state index >= 15 is 0 Å². The van der Waals surface area contributed by atoms with Crippen LogP contribution in [0.1, 0.15) is 12.7 Å². The van der Waals surface area contributed by atoms with Crippen molar-refractivity contribution in [3.05, 3.63) is 64.9 Å². The highest BCUT2D eigenvalue weighted by Gasteiger charge is 2.25. The minimum absolute atomic E-state index is 0.00877. The topological polar surface area (TPSA) is 50.2 Å². The Morgan fingerprint density at radius 3 is 2.57 bits per heavy atom. The zero-order valence-electron chi connectivity index (χ0n) is 15.0. The van der Waals surface area contributed by atoms with Crippen LogP contribution in [-0.4, -0.2) is 26.9 Å². The smallest absolute Gasteiger partial charge is 0.219 e. The van der Waals surface area contributed by atoms with Crippen molar-refractivity contribution in [3.8, 4) is 11.3 Å². The van der Waals surface area contributed by atoms with Gasteiger partial charge in [0.15, 0.2) is 0 Å². The van der Waals surface area contributed by atoms with Crippen LogP contribution in [0, 0.1) is 11.6 Å². The predicted molar refractivity (Wildman–Crippen MR) is 103 cm³/mol. The van der Waals surface area contributed by atoms with Crippen LogP contribution in [0.5, 0.6) is 0 Å². The first-order valence-corrected chi connectivity index (χ1v) is 9.13. The molecule has 1 aromatic heterocycles. The zero-order valence-corrected chi connectivity index (χ0v) is 15.8. The summed E-state index contributed by atoms with van der Waals surface area (Å²) >= 11 is 5.90. The highest BCUT2D eigenvalue weighted by molar-refractivity contribution is 6.31. The first-order chi connectivity index (χ1) is 13.4. The molecule has 0 bridgehead atoms. The number of aromatic nitrogens is 2. The largest absolute Gasteiger partial charge is 0.340 e. The summed E-state index contributed by atoms with van der Waals surface area (Å²) in [6.45, 7) is 3.02. The van der Waals surface area contributed by atoms with Crippen LogP contribution < -0.4 is 5.32 Å². The molecule has 4 rings (SSSR count). The van der Waals surface area contributed by atoms with Crippen LogP contribution in [-0.2, 0) is 17.9 Å². The molecule has 0 spiro atoms. The van der Waals surface area contributed by atoms with Gasteiger partial charge in [-0.25, -0.2) is 13.8 Å². The third-order valence-corrected chi connectivity index (χ3v) is 5.01. The number of hydrogen-bond donors (Lipinski definition) is 1. The molecule has 28 heavy (non-hydrogen) atoms. The summed E-state index contributed by atoms with van der Waals surface area (Å²) in [5, 5.41) is 3.27. The van der Waals surface area contributed by atoms with E-state index in [-0.39, 0.29) is 16.7 Å². The fourth-order valence-corrected chi connectivity index (χ4v) is 3.43. The first kappa shape index (κ1) is 18.4. The number of rotatable bonds is 3. The molecule has 0 saturated heterocycles. The maximum absolute atomic E-state index is 13.5. The number of benzene rings is 2. The summed E-state index contributed by atoms with van der Waals surface area (Å²) in [5.74, 6) is 0.551. The molecule has 5 nitrogen and oxygen atoms in total. The molecule has 1 N–H and O–H groups in total. The van der Waals surface area contributed by atoms with Gasteiger partial charge < -0.3 is 14.8 Å². The Bertz CT molecular complexity index is 1050. The quantitative estimate of drug-likeness (QED) is 0.697. The molecule has 0 fully saturated rings. The van der Waals surface area contributed by atoms with Crippen LogP contribution in [0.3, 0.4) is 0 Å². The first-order valence-electron chi connectivity index (χ1n) is 8.75. The number of nitrogens with zero attached hydrogens (tertiary/aromatic N) is 3. The second-order valence-electron chi connectivity index (χ2n) is 6.58. The molecule has 2 aromatic carbocycles. The van der Waals surface area contributed by atoms with E-state index in [9.17, 15) is 13.6 Å². The monoisotopic (exact) mass is 402 g/mol. The lowest BCUT2D eigenvalue weighted by Gasteiger charge is -2.27. The van der Waals surface area contributed by atoms with Gasteiger partial charge in [-0.3, -0.25) is 4.79 Å². The predicted octanol–water partition coefficient (Wildman–Crippen LogP) is 4.59. The Hall–Kier alpha value is -2.93. The minimum Gasteiger partial charge on any atom is -0.340 e. The van der Waals surface area contributed by atoms with Crippen molar-refractivity contribution in [2.45, 2.75) is 20.0 Å². The third-order valence-electron chi connectivity index (χ3n) is 4.72. The molecule has 8 heteroatoms. The van der Waals surface area contributed by atoms with Crippen molar-refractivity contribution in [1.82, 2.24) is 14.5 Å². The standard InChI is InChI=1S/C20H17ClF2N4O/c1-12(28)26-8-9-27-18(11-26)25-19(13-2-4-14(22)5-3-13)20(27)24-15-6-7-17(23)16(21)10-15/h2-7,10,24H,8-9,11H2,1H3. The van der Waals surface area contributed by atoms with Crippen LogP contribution >= 0.6 is 11.6 Å². The van der Waals surface area contributed by atoms with Gasteiger partial charge in [-0.2, -0.15) is 0 Å². The van der Waals surface area contributed by atoms with Gasteiger partial charge >= 0.3 is 0 Å². The van der Waals surface area contributed by atoms with E-state index in [2.05, 4.69) is 5.32 Å². The summed E-state index contributed by atoms with van der Waals surface area (Å²) in [6.07, 6.45) is 0. The summed E-state index contributed by atoms with van der Waals surface area (Å²) in [7, 11) is 0. The van der Waals surface area contributed by atoms with E-state index in [0.717, 1.165) is 11.4 Å². The molecule has 2 heterocycles. The van der Waals surface area contributed by atoms with Gasteiger partial charge in [0, 0.05) is 31.3 Å². The Balaban J connectivity index is 1.79. The second kappa shape index (κ2) is 7.24.